The van der Waals surface area contributed by atoms with Crippen molar-refractivity contribution < 1.29 is 34.0 Å². The largest absolute Gasteiger partial charge is 0.394 e. The summed E-state index contributed by atoms with van der Waals surface area (Å²) in [5.41, 5.74) is 5.39. The molecule has 230 valence electrons. The molecule has 0 aromatic carbocycles. The molecule has 1 saturated heterocycles. The number of nitrogens with two attached hydrogens (primary N) is 1. The van der Waals surface area contributed by atoms with Gasteiger partial charge in [0.15, 0.2) is 0 Å². The van der Waals surface area contributed by atoms with E-state index in [9.17, 15) is 24.6 Å². The van der Waals surface area contributed by atoms with Crippen molar-refractivity contribution in [3.05, 3.63) is 22.2 Å². The van der Waals surface area contributed by atoms with Gasteiger partial charge in [-0.2, -0.15) is 4.98 Å². The van der Waals surface area contributed by atoms with Crippen LogP contribution in [0.5, 0.6) is 0 Å². The van der Waals surface area contributed by atoms with E-state index in [-0.39, 0.29) is 55.6 Å². The molecular weight excluding hydrogens is 558 g/mol. The van der Waals surface area contributed by atoms with Gasteiger partial charge in [0.25, 0.3) is 0 Å². The Morgan fingerprint density at radius 3 is 2.51 bits per heavy atom. The number of nitrogen functional groups attached to an aromatic ring is 1. The second-order valence-electron chi connectivity index (χ2n) is 9.45. The van der Waals surface area contributed by atoms with Crippen molar-refractivity contribution in [2.24, 2.45) is 0 Å². The van der Waals surface area contributed by atoms with Gasteiger partial charge in [0.1, 0.15) is 18.1 Å². The zero-order valence-electron chi connectivity index (χ0n) is 23.3. The number of aliphatic hydroxyl groups is 2. The second-order valence-corrected chi connectivity index (χ2v) is 9.83. The summed E-state index contributed by atoms with van der Waals surface area (Å²) in [6, 6.07) is 0. The molecule has 14 heteroatoms. The summed E-state index contributed by atoms with van der Waals surface area (Å²) in [5, 5.41) is 24.6. The van der Waals surface area contributed by atoms with E-state index in [0.29, 0.717) is 45.3 Å². The van der Waals surface area contributed by atoms with Crippen molar-refractivity contribution >= 4 is 29.2 Å². The number of hydrogen-bond acceptors (Lipinski definition) is 10. The Labute approximate surface area is 245 Å². The third-order valence-corrected chi connectivity index (χ3v) is 6.46. The van der Waals surface area contributed by atoms with Crippen LogP contribution < -0.4 is 22.1 Å². The standard InChI is InChI=1S/C27H42ClN5O8/c28-10-3-1-2-4-13-39-15-16-40-14-12-31-24(37)9-5-8-23(36)30-11-6-7-20-18-33(27(38)32-26(20)29)25-17-21(35)22(19-34)41-25/h18,21-22,25,34-35H,1-5,8-17,19H2,(H,30,36)(H,31,37)(H2,29,32,38)/t21?,22-,25-/m1/s1. The van der Waals surface area contributed by atoms with Crippen molar-refractivity contribution in [1.29, 1.82) is 0 Å². The fourth-order valence-electron chi connectivity index (χ4n) is 3.94. The number of hydrogen-bond donors (Lipinski definition) is 5. The lowest BCUT2D eigenvalue weighted by molar-refractivity contribution is -0.122. The number of nitrogens with zero attached hydrogens (tertiary/aromatic N) is 2. The lowest BCUT2D eigenvalue weighted by atomic mass is 10.2. The van der Waals surface area contributed by atoms with Gasteiger partial charge in [-0.3, -0.25) is 14.2 Å². The van der Waals surface area contributed by atoms with Crippen LogP contribution in [0.15, 0.2) is 11.0 Å². The summed E-state index contributed by atoms with van der Waals surface area (Å²) in [4.78, 5) is 39.9. The minimum atomic E-state index is -0.915. The van der Waals surface area contributed by atoms with Crippen LogP contribution in [-0.4, -0.2) is 95.8 Å². The average molecular weight is 600 g/mol. The van der Waals surface area contributed by atoms with Gasteiger partial charge in [0.2, 0.25) is 11.8 Å². The van der Waals surface area contributed by atoms with E-state index in [1.54, 1.807) is 0 Å². The molecule has 0 bridgehead atoms. The van der Waals surface area contributed by atoms with Crippen LogP contribution in [0.3, 0.4) is 0 Å². The van der Waals surface area contributed by atoms with E-state index in [2.05, 4.69) is 27.5 Å². The molecule has 0 radical (unpaired) electrons. The van der Waals surface area contributed by atoms with Gasteiger partial charge in [-0.1, -0.05) is 24.7 Å². The van der Waals surface area contributed by atoms with Crippen LogP contribution in [0.25, 0.3) is 0 Å². The number of nitrogens with one attached hydrogen (secondary N) is 2. The molecule has 1 aliphatic rings. The van der Waals surface area contributed by atoms with E-state index >= 15 is 0 Å². The molecule has 1 aromatic heterocycles. The number of aromatic nitrogens is 2. The van der Waals surface area contributed by atoms with E-state index < -0.39 is 24.1 Å². The zero-order chi connectivity index (χ0) is 29.9. The van der Waals surface area contributed by atoms with Gasteiger partial charge in [0.05, 0.1) is 44.6 Å². The van der Waals surface area contributed by atoms with Crippen LogP contribution in [0, 0.1) is 11.8 Å². The monoisotopic (exact) mass is 599 g/mol. The molecule has 2 heterocycles. The fraction of sp³-hybridized carbons (Fsp3) is 0.704. The smallest absolute Gasteiger partial charge is 0.351 e. The molecule has 6 N–H and O–H groups in total. The number of anilines is 1. The first-order valence-electron chi connectivity index (χ1n) is 13.9. The number of alkyl halides is 1. The van der Waals surface area contributed by atoms with Crippen LogP contribution >= 0.6 is 11.6 Å². The van der Waals surface area contributed by atoms with Crippen LogP contribution in [0.2, 0.25) is 0 Å². The first kappa shape index (κ1) is 34.5. The number of aliphatic hydroxyl groups excluding tert-OH is 2. The van der Waals surface area contributed by atoms with Crippen molar-refractivity contribution in [2.75, 3.05) is 57.7 Å². The molecule has 13 nitrogen and oxygen atoms in total. The molecule has 1 unspecified atom stereocenters. The van der Waals surface area contributed by atoms with Crippen LogP contribution in [-0.2, 0) is 23.8 Å². The van der Waals surface area contributed by atoms with Crippen LogP contribution in [0.4, 0.5) is 5.82 Å². The number of amides is 2. The van der Waals surface area contributed by atoms with Gasteiger partial charge < -0.3 is 40.8 Å². The summed E-state index contributed by atoms with van der Waals surface area (Å²) >= 11 is 5.63. The lowest BCUT2D eigenvalue weighted by Gasteiger charge is -2.15. The van der Waals surface area contributed by atoms with Crippen molar-refractivity contribution in [3.63, 3.8) is 0 Å². The number of carbonyl (C=O) groups is 2. The predicted octanol–water partition coefficient (Wildman–Crippen LogP) is 0.0528. The highest BCUT2D eigenvalue weighted by molar-refractivity contribution is 6.17. The fourth-order valence-corrected chi connectivity index (χ4v) is 4.13. The summed E-state index contributed by atoms with van der Waals surface area (Å²) in [6.07, 6.45) is 4.01. The topological polar surface area (TPSA) is 187 Å². The number of unbranched alkanes of at least 4 members (excludes halogenated alkanes) is 3. The molecule has 3 atom stereocenters. The van der Waals surface area contributed by atoms with Gasteiger partial charge >= 0.3 is 5.69 Å². The minimum Gasteiger partial charge on any atom is -0.394 e. The van der Waals surface area contributed by atoms with Gasteiger partial charge in [-0.15, -0.1) is 11.6 Å². The second kappa shape index (κ2) is 20.2. The highest BCUT2D eigenvalue weighted by Gasteiger charge is 2.35. The van der Waals surface area contributed by atoms with E-state index in [0.717, 1.165) is 30.3 Å². The van der Waals surface area contributed by atoms with E-state index in [4.69, 9.17) is 31.5 Å². The van der Waals surface area contributed by atoms with Gasteiger partial charge in [-0.05, 0) is 19.3 Å². The molecular formula is C27H42ClN5O8. The SMILES string of the molecule is Nc1nc(=O)n([C@H]2CC(O)[C@@H](CO)O2)cc1C#CCNC(=O)CCCC(=O)NCCOCCOCCCCCCCl. The molecule has 1 fully saturated rings. The maximum absolute atomic E-state index is 12.2. The zero-order valence-corrected chi connectivity index (χ0v) is 24.1. The summed E-state index contributed by atoms with van der Waals surface area (Å²) < 4.78 is 17.6. The number of halogens is 1. The van der Waals surface area contributed by atoms with Gasteiger partial charge in [-0.25, -0.2) is 4.79 Å². The molecule has 41 heavy (non-hydrogen) atoms. The molecule has 2 amide bonds. The maximum atomic E-state index is 12.2. The Balaban J connectivity index is 1.56. The first-order chi connectivity index (χ1) is 19.8. The molecule has 0 spiro atoms. The number of rotatable bonds is 19. The van der Waals surface area contributed by atoms with E-state index in [1.165, 1.54) is 6.20 Å². The normalized spacial score (nSPS) is 18.1. The molecule has 2 rings (SSSR count). The van der Waals surface area contributed by atoms with Crippen molar-refractivity contribution in [1.82, 2.24) is 20.2 Å². The first-order valence-corrected chi connectivity index (χ1v) is 14.5. The average Bonchev–Trinajstić information content (AvgIpc) is 3.32. The number of carbonyl (C=O) groups excluding carboxylic acids is 2. The van der Waals surface area contributed by atoms with Crippen molar-refractivity contribution in [2.45, 2.75) is 69.8 Å². The molecule has 0 saturated carbocycles. The Morgan fingerprint density at radius 2 is 1.80 bits per heavy atom. The Hall–Kier alpha value is -2.73. The number of ether oxygens (including phenoxy) is 3. The summed E-state index contributed by atoms with van der Waals surface area (Å²) in [6.45, 7) is 2.13. The molecule has 1 aromatic rings. The predicted molar refractivity (Wildman–Crippen MR) is 152 cm³/mol. The van der Waals surface area contributed by atoms with E-state index in [1.807, 2.05) is 0 Å². The maximum Gasteiger partial charge on any atom is 0.351 e. The highest BCUT2D eigenvalue weighted by atomic mass is 35.5. The Bertz CT molecular complexity index is 1060. The lowest BCUT2D eigenvalue weighted by Crippen LogP contribution is -2.29. The molecule has 1 aliphatic heterocycles. The minimum absolute atomic E-state index is 0.0317. The molecule has 0 aliphatic carbocycles. The Kier molecular flexibility index (Phi) is 17.0. The van der Waals surface area contributed by atoms with Gasteiger partial charge in [0, 0.05) is 44.5 Å². The summed E-state index contributed by atoms with van der Waals surface area (Å²) in [5.74, 6) is 5.73. The summed E-state index contributed by atoms with van der Waals surface area (Å²) in [7, 11) is 0. The van der Waals surface area contributed by atoms with Crippen LogP contribution in [0.1, 0.15) is 63.2 Å². The highest BCUT2D eigenvalue weighted by Crippen LogP contribution is 2.27. The Morgan fingerprint density at radius 1 is 1.10 bits per heavy atom. The quantitative estimate of drug-likeness (QED) is 0.0826. The third kappa shape index (κ3) is 13.7. The third-order valence-electron chi connectivity index (χ3n) is 6.19. The van der Waals surface area contributed by atoms with Crippen molar-refractivity contribution in [3.8, 4) is 11.8 Å².